The van der Waals surface area contributed by atoms with Crippen LogP contribution in [-0.4, -0.2) is 7.05 Å². The lowest BCUT2D eigenvalue weighted by atomic mass is 9.95. The summed E-state index contributed by atoms with van der Waals surface area (Å²) >= 11 is 0. The highest BCUT2D eigenvalue weighted by atomic mass is 19.1. The van der Waals surface area contributed by atoms with Gasteiger partial charge in [0.1, 0.15) is 5.76 Å². The van der Waals surface area contributed by atoms with Gasteiger partial charge in [-0.1, -0.05) is 32.4 Å². The number of fused-ring (bicyclic) bond motifs is 1. The standard InChI is InChI=1S/C15H20FNO/c1-4-6-10(2)14(17-3)13-9-11-7-5-8-12(16)15(11)18-13/h5,7-10,14,17H,4,6H2,1-3H3. The summed E-state index contributed by atoms with van der Waals surface area (Å²) in [6.45, 7) is 4.36. The van der Waals surface area contributed by atoms with Crippen molar-refractivity contribution in [3.63, 3.8) is 0 Å². The fourth-order valence-corrected chi connectivity index (χ4v) is 2.53. The highest BCUT2D eigenvalue weighted by molar-refractivity contribution is 5.78. The Bertz CT molecular complexity index is 520. The summed E-state index contributed by atoms with van der Waals surface area (Å²) in [6.07, 6.45) is 2.25. The van der Waals surface area contributed by atoms with Crippen LogP contribution in [0.1, 0.15) is 38.5 Å². The van der Waals surface area contributed by atoms with Crippen molar-refractivity contribution in [1.82, 2.24) is 5.32 Å². The average Bonchev–Trinajstić information content (AvgIpc) is 2.75. The van der Waals surface area contributed by atoms with E-state index in [0.29, 0.717) is 11.5 Å². The molecule has 0 spiro atoms. The zero-order chi connectivity index (χ0) is 13.1. The first-order chi connectivity index (χ1) is 8.67. The molecule has 2 nitrogen and oxygen atoms in total. The van der Waals surface area contributed by atoms with E-state index in [4.69, 9.17) is 4.42 Å². The molecule has 1 aromatic carbocycles. The van der Waals surface area contributed by atoms with Crippen molar-refractivity contribution in [1.29, 1.82) is 0 Å². The number of benzene rings is 1. The van der Waals surface area contributed by atoms with Gasteiger partial charge in [0.15, 0.2) is 11.4 Å². The number of hydrogen-bond donors (Lipinski definition) is 1. The van der Waals surface area contributed by atoms with E-state index in [-0.39, 0.29) is 11.9 Å². The molecule has 98 valence electrons. The summed E-state index contributed by atoms with van der Waals surface area (Å²) in [6, 6.07) is 7.09. The molecular formula is C15H20FNO. The molecule has 2 aromatic rings. The molecule has 2 rings (SSSR count). The summed E-state index contributed by atoms with van der Waals surface area (Å²) in [5, 5.41) is 4.09. The number of nitrogens with one attached hydrogen (secondary N) is 1. The van der Waals surface area contributed by atoms with Gasteiger partial charge in [0.05, 0.1) is 6.04 Å². The molecule has 0 bridgehead atoms. The second-order valence-corrected chi connectivity index (χ2v) is 4.84. The number of para-hydroxylation sites is 1. The Hall–Kier alpha value is -1.35. The number of hydrogen-bond acceptors (Lipinski definition) is 2. The van der Waals surface area contributed by atoms with Crippen LogP contribution in [0.3, 0.4) is 0 Å². The van der Waals surface area contributed by atoms with Crippen LogP contribution in [0, 0.1) is 11.7 Å². The SMILES string of the molecule is CCCC(C)C(NC)c1cc2cccc(F)c2o1. The van der Waals surface area contributed by atoms with Gasteiger partial charge in [0.25, 0.3) is 0 Å². The van der Waals surface area contributed by atoms with Crippen molar-refractivity contribution < 1.29 is 8.81 Å². The Morgan fingerprint density at radius 1 is 1.39 bits per heavy atom. The molecule has 0 saturated carbocycles. The zero-order valence-electron chi connectivity index (χ0n) is 11.2. The minimum absolute atomic E-state index is 0.136. The molecule has 0 aliphatic heterocycles. The van der Waals surface area contributed by atoms with Crippen LogP contribution < -0.4 is 5.32 Å². The molecule has 2 unspecified atom stereocenters. The first kappa shape index (κ1) is 13.1. The van der Waals surface area contributed by atoms with Crippen molar-refractivity contribution in [3.8, 4) is 0 Å². The van der Waals surface area contributed by atoms with Crippen LogP contribution in [-0.2, 0) is 0 Å². The highest BCUT2D eigenvalue weighted by Gasteiger charge is 2.21. The first-order valence-corrected chi connectivity index (χ1v) is 6.52. The number of halogens is 1. The fourth-order valence-electron chi connectivity index (χ4n) is 2.53. The van der Waals surface area contributed by atoms with Gasteiger partial charge >= 0.3 is 0 Å². The lowest BCUT2D eigenvalue weighted by Crippen LogP contribution is -2.22. The predicted molar refractivity (Wildman–Crippen MR) is 72.0 cm³/mol. The zero-order valence-corrected chi connectivity index (χ0v) is 11.2. The number of furan rings is 1. The van der Waals surface area contributed by atoms with Crippen LogP contribution in [0.25, 0.3) is 11.0 Å². The summed E-state index contributed by atoms with van der Waals surface area (Å²) < 4.78 is 19.3. The van der Waals surface area contributed by atoms with Crippen LogP contribution >= 0.6 is 0 Å². The summed E-state index contributed by atoms with van der Waals surface area (Å²) in [5.74, 6) is 0.985. The van der Waals surface area contributed by atoms with Gasteiger partial charge in [-0.15, -0.1) is 0 Å². The average molecular weight is 249 g/mol. The molecule has 2 atom stereocenters. The molecule has 1 aromatic heterocycles. The Morgan fingerprint density at radius 3 is 2.78 bits per heavy atom. The van der Waals surface area contributed by atoms with Crippen molar-refractivity contribution in [2.45, 2.75) is 32.7 Å². The van der Waals surface area contributed by atoms with E-state index in [2.05, 4.69) is 19.2 Å². The van der Waals surface area contributed by atoms with E-state index >= 15 is 0 Å². The van der Waals surface area contributed by atoms with Gasteiger partial charge < -0.3 is 9.73 Å². The lowest BCUT2D eigenvalue weighted by Gasteiger charge is -2.20. The van der Waals surface area contributed by atoms with Crippen molar-refractivity contribution in [2.75, 3.05) is 7.05 Å². The van der Waals surface area contributed by atoms with Gasteiger partial charge in [-0.05, 0) is 31.5 Å². The maximum absolute atomic E-state index is 13.6. The molecule has 0 amide bonds. The third kappa shape index (κ3) is 2.41. The Balaban J connectivity index is 2.37. The molecule has 18 heavy (non-hydrogen) atoms. The summed E-state index contributed by atoms with van der Waals surface area (Å²) in [5.41, 5.74) is 0.358. The lowest BCUT2D eigenvalue weighted by molar-refractivity contribution is 0.331. The van der Waals surface area contributed by atoms with Gasteiger partial charge in [0.2, 0.25) is 0 Å². The third-order valence-corrected chi connectivity index (χ3v) is 3.45. The molecule has 0 fully saturated rings. The van der Waals surface area contributed by atoms with Crippen LogP contribution in [0.5, 0.6) is 0 Å². The van der Waals surface area contributed by atoms with Crippen molar-refractivity contribution in [3.05, 3.63) is 35.8 Å². The molecule has 3 heteroatoms. The van der Waals surface area contributed by atoms with E-state index in [1.165, 1.54) is 6.07 Å². The second kappa shape index (κ2) is 5.53. The van der Waals surface area contributed by atoms with E-state index in [9.17, 15) is 4.39 Å². The number of rotatable bonds is 5. The molecule has 0 aliphatic carbocycles. The molecule has 1 heterocycles. The largest absolute Gasteiger partial charge is 0.456 e. The fraction of sp³-hybridized carbons (Fsp3) is 0.467. The minimum Gasteiger partial charge on any atom is -0.456 e. The van der Waals surface area contributed by atoms with Crippen LogP contribution in [0.15, 0.2) is 28.7 Å². The van der Waals surface area contributed by atoms with Gasteiger partial charge in [-0.25, -0.2) is 4.39 Å². The topological polar surface area (TPSA) is 25.2 Å². The molecule has 1 N–H and O–H groups in total. The monoisotopic (exact) mass is 249 g/mol. The molecule has 0 aliphatic rings. The third-order valence-electron chi connectivity index (χ3n) is 3.45. The summed E-state index contributed by atoms with van der Waals surface area (Å²) in [4.78, 5) is 0. The highest BCUT2D eigenvalue weighted by Crippen LogP contribution is 2.31. The van der Waals surface area contributed by atoms with Gasteiger partial charge in [-0.2, -0.15) is 0 Å². The Labute approximate surface area is 107 Å². The smallest absolute Gasteiger partial charge is 0.169 e. The van der Waals surface area contributed by atoms with Crippen molar-refractivity contribution in [2.24, 2.45) is 5.92 Å². The van der Waals surface area contributed by atoms with Gasteiger partial charge in [-0.3, -0.25) is 0 Å². The maximum Gasteiger partial charge on any atom is 0.169 e. The maximum atomic E-state index is 13.6. The van der Waals surface area contributed by atoms with Crippen LogP contribution in [0.2, 0.25) is 0 Å². The van der Waals surface area contributed by atoms with E-state index in [0.717, 1.165) is 24.0 Å². The molecule has 0 saturated heterocycles. The van der Waals surface area contributed by atoms with Gasteiger partial charge in [0, 0.05) is 5.39 Å². The van der Waals surface area contributed by atoms with E-state index < -0.39 is 0 Å². The normalized spacial score (nSPS) is 14.9. The Morgan fingerprint density at radius 2 is 2.17 bits per heavy atom. The van der Waals surface area contributed by atoms with E-state index in [1.54, 1.807) is 6.07 Å². The van der Waals surface area contributed by atoms with Crippen LogP contribution in [0.4, 0.5) is 4.39 Å². The summed E-state index contributed by atoms with van der Waals surface area (Å²) in [7, 11) is 1.92. The predicted octanol–water partition coefficient (Wildman–Crippen LogP) is 4.27. The minimum atomic E-state index is -0.295. The first-order valence-electron chi connectivity index (χ1n) is 6.52. The quantitative estimate of drug-likeness (QED) is 0.856. The Kier molecular flexibility index (Phi) is 4.02. The second-order valence-electron chi connectivity index (χ2n) is 4.84. The molecule has 0 radical (unpaired) electrons. The molecular weight excluding hydrogens is 229 g/mol. The van der Waals surface area contributed by atoms with Crippen molar-refractivity contribution >= 4 is 11.0 Å². The van der Waals surface area contributed by atoms with E-state index in [1.807, 2.05) is 19.2 Å².